The topological polar surface area (TPSA) is 30.5 Å². The summed E-state index contributed by atoms with van der Waals surface area (Å²) in [7, 11) is 0. The van der Waals surface area contributed by atoms with Crippen molar-refractivity contribution in [3.63, 3.8) is 0 Å². The zero-order valence-corrected chi connectivity index (χ0v) is 13.8. The zero-order chi connectivity index (χ0) is 15.1. The van der Waals surface area contributed by atoms with Gasteiger partial charge in [-0.3, -0.25) is 0 Å². The number of hydrogen-bond acceptors (Lipinski definition) is 3. The van der Waals surface area contributed by atoms with Crippen molar-refractivity contribution in [3.8, 4) is 5.75 Å². The molecular formula is C17H26ClNO2. The molecule has 1 aromatic carbocycles. The van der Waals surface area contributed by atoms with Crippen LogP contribution in [0.4, 0.5) is 0 Å². The first kappa shape index (κ1) is 16.6. The highest BCUT2D eigenvalue weighted by Gasteiger charge is 2.15. The largest absolute Gasteiger partial charge is 0.493 e. The highest BCUT2D eigenvalue weighted by Crippen LogP contribution is 2.28. The number of ether oxygens (including phenoxy) is 2. The Bertz CT molecular complexity index is 433. The molecule has 0 aromatic heterocycles. The summed E-state index contributed by atoms with van der Waals surface area (Å²) in [6.45, 7) is 6.81. The second kappa shape index (κ2) is 8.62. The van der Waals surface area contributed by atoms with Crippen LogP contribution in [-0.4, -0.2) is 25.9 Å². The zero-order valence-electron chi connectivity index (χ0n) is 13.0. The number of halogens is 1. The van der Waals surface area contributed by atoms with E-state index < -0.39 is 0 Å². The van der Waals surface area contributed by atoms with Crippen LogP contribution in [0.15, 0.2) is 18.2 Å². The summed E-state index contributed by atoms with van der Waals surface area (Å²) in [5.41, 5.74) is 1.13. The van der Waals surface area contributed by atoms with Gasteiger partial charge in [-0.2, -0.15) is 0 Å². The van der Waals surface area contributed by atoms with E-state index in [-0.39, 0.29) is 6.04 Å². The van der Waals surface area contributed by atoms with Crippen molar-refractivity contribution >= 4 is 11.6 Å². The lowest BCUT2D eigenvalue weighted by atomic mass is 10.1. The van der Waals surface area contributed by atoms with Gasteiger partial charge in [0.05, 0.1) is 12.7 Å². The molecule has 2 rings (SSSR count). The van der Waals surface area contributed by atoms with Crippen molar-refractivity contribution in [2.45, 2.75) is 51.7 Å². The average molecular weight is 312 g/mol. The number of hydrogen-bond donors (Lipinski definition) is 1. The summed E-state index contributed by atoms with van der Waals surface area (Å²) >= 11 is 6.11. The molecule has 1 aliphatic rings. The smallest absolute Gasteiger partial charge is 0.124 e. The maximum atomic E-state index is 6.11. The molecule has 4 heteroatoms. The van der Waals surface area contributed by atoms with Gasteiger partial charge in [0, 0.05) is 23.2 Å². The molecule has 0 saturated carbocycles. The molecule has 1 fully saturated rings. The van der Waals surface area contributed by atoms with Crippen LogP contribution >= 0.6 is 11.6 Å². The highest BCUT2D eigenvalue weighted by molar-refractivity contribution is 6.30. The summed E-state index contributed by atoms with van der Waals surface area (Å²) in [4.78, 5) is 0. The van der Waals surface area contributed by atoms with E-state index in [4.69, 9.17) is 21.1 Å². The third kappa shape index (κ3) is 5.17. The lowest BCUT2D eigenvalue weighted by Crippen LogP contribution is -2.18. The van der Waals surface area contributed by atoms with Crippen molar-refractivity contribution < 1.29 is 9.47 Å². The first-order valence-electron chi connectivity index (χ1n) is 7.98. The second-order valence-corrected chi connectivity index (χ2v) is 6.02. The summed E-state index contributed by atoms with van der Waals surface area (Å²) in [5.74, 6) is 0.931. The monoisotopic (exact) mass is 311 g/mol. The van der Waals surface area contributed by atoms with Gasteiger partial charge >= 0.3 is 0 Å². The molecule has 2 atom stereocenters. The molecule has 0 bridgehead atoms. The molecule has 1 aromatic rings. The quantitative estimate of drug-likeness (QED) is 0.724. The molecule has 1 N–H and O–H groups in total. The van der Waals surface area contributed by atoms with Crippen LogP contribution in [0.3, 0.4) is 0 Å². The van der Waals surface area contributed by atoms with Crippen LogP contribution < -0.4 is 10.1 Å². The Kier molecular flexibility index (Phi) is 6.81. The van der Waals surface area contributed by atoms with Gasteiger partial charge in [0.2, 0.25) is 0 Å². The minimum Gasteiger partial charge on any atom is -0.493 e. The Morgan fingerprint density at radius 2 is 2.33 bits per heavy atom. The standard InChI is InChI=1S/C17H26ClNO2/c1-3-19-13(2)16-12-14(18)8-9-17(16)21-11-5-7-15-6-4-10-20-15/h8-9,12-13,15,19H,3-7,10-11H2,1-2H3. The van der Waals surface area contributed by atoms with E-state index in [1.165, 1.54) is 12.8 Å². The van der Waals surface area contributed by atoms with Gasteiger partial charge in [0.15, 0.2) is 0 Å². The van der Waals surface area contributed by atoms with E-state index in [0.29, 0.717) is 6.10 Å². The molecule has 0 amide bonds. The Labute approximate surface area is 133 Å². The predicted octanol–water partition coefficient (Wildman–Crippen LogP) is 4.35. The third-order valence-corrected chi connectivity index (χ3v) is 4.14. The van der Waals surface area contributed by atoms with Gasteiger partial charge in [-0.25, -0.2) is 0 Å². The first-order chi connectivity index (χ1) is 10.2. The fourth-order valence-electron chi connectivity index (χ4n) is 2.77. The van der Waals surface area contributed by atoms with Crippen molar-refractivity contribution in [1.29, 1.82) is 0 Å². The van der Waals surface area contributed by atoms with Crippen molar-refractivity contribution in [3.05, 3.63) is 28.8 Å². The fourth-order valence-corrected chi connectivity index (χ4v) is 2.95. The Hall–Kier alpha value is -0.770. The predicted molar refractivity (Wildman–Crippen MR) is 87.2 cm³/mol. The third-order valence-electron chi connectivity index (χ3n) is 3.90. The van der Waals surface area contributed by atoms with Gasteiger partial charge in [-0.1, -0.05) is 18.5 Å². The maximum absolute atomic E-state index is 6.11. The van der Waals surface area contributed by atoms with Gasteiger partial charge < -0.3 is 14.8 Å². The van der Waals surface area contributed by atoms with Crippen LogP contribution in [-0.2, 0) is 4.74 Å². The molecule has 1 saturated heterocycles. The fraction of sp³-hybridized carbons (Fsp3) is 0.647. The molecule has 3 nitrogen and oxygen atoms in total. The van der Waals surface area contributed by atoms with E-state index in [9.17, 15) is 0 Å². The van der Waals surface area contributed by atoms with E-state index in [2.05, 4.69) is 19.2 Å². The van der Waals surface area contributed by atoms with Crippen LogP contribution in [0.5, 0.6) is 5.75 Å². The minimum atomic E-state index is 0.238. The molecule has 118 valence electrons. The molecule has 0 spiro atoms. The highest BCUT2D eigenvalue weighted by atomic mass is 35.5. The van der Waals surface area contributed by atoms with Crippen molar-refractivity contribution in [2.75, 3.05) is 19.8 Å². The number of benzene rings is 1. The number of rotatable bonds is 8. The molecular weight excluding hydrogens is 286 g/mol. The Balaban J connectivity index is 1.86. The van der Waals surface area contributed by atoms with E-state index in [0.717, 1.165) is 48.9 Å². The maximum Gasteiger partial charge on any atom is 0.124 e. The summed E-state index contributed by atoms with van der Waals surface area (Å²) in [6.07, 6.45) is 4.96. The lowest BCUT2D eigenvalue weighted by Gasteiger charge is -2.18. The summed E-state index contributed by atoms with van der Waals surface area (Å²) in [6, 6.07) is 6.09. The first-order valence-corrected chi connectivity index (χ1v) is 8.35. The normalized spacial score (nSPS) is 19.7. The molecule has 1 heterocycles. The van der Waals surface area contributed by atoms with Gasteiger partial charge in [-0.05, 0) is 57.4 Å². The SMILES string of the molecule is CCNC(C)c1cc(Cl)ccc1OCCCC1CCCO1. The molecule has 0 aliphatic carbocycles. The average Bonchev–Trinajstić information content (AvgIpc) is 2.98. The van der Waals surface area contributed by atoms with Crippen LogP contribution in [0, 0.1) is 0 Å². The molecule has 21 heavy (non-hydrogen) atoms. The van der Waals surface area contributed by atoms with Crippen LogP contribution in [0.2, 0.25) is 5.02 Å². The van der Waals surface area contributed by atoms with Crippen molar-refractivity contribution in [1.82, 2.24) is 5.32 Å². The molecule has 0 radical (unpaired) electrons. The summed E-state index contributed by atoms with van der Waals surface area (Å²) in [5, 5.41) is 4.16. The lowest BCUT2D eigenvalue weighted by molar-refractivity contribution is 0.0980. The Morgan fingerprint density at radius 1 is 1.48 bits per heavy atom. The van der Waals surface area contributed by atoms with Gasteiger partial charge in [0.1, 0.15) is 5.75 Å². The molecule has 2 unspecified atom stereocenters. The minimum absolute atomic E-state index is 0.238. The van der Waals surface area contributed by atoms with Crippen LogP contribution in [0.1, 0.15) is 51.1 Å². The van der Waals surface area contributed by atoms with Gasteiger partial charge in [-0.15, -0.1) is 0 Å². The second-order valence-electron chi connectivity index (χ2n) is 5.59. The summed E-state index contributed by atoms with van der Waals surface area (Å²) < 4.78 is 11.6. The van der Waals surface area contributed by atoms with E-state index in [1.807, 2.05) is 18.2 Å². The van der Waals surface area contributed by atoms with E-state index in [1.54, 1.807) is 0 Å². The van der Waals surface area contributed by atoms with Gasteiger partial charge in [0.25, 0.3) is 0 Å². The van der Waals surface area contributed by atoms with Crippen molar-refractivity contribution in [2.24, 2.45) is 0 Å². The number of nitrogens with one attached hydrogen (secondary N) is 1. The Morgan fingerprint density at radius 3 is 3.05 bits per heavy atom. The molecule has 1 aliphatic heterocycles. The van der Waals surface area contributed by atoms with Crippen LogP contribution in [0.25, 0.3) is 0 Å². The van der Waals surface area contributed by atoms with E-state index >= 15 is 0 Å².